The summed E-state index contributed by atoms with van der Waals surface area (Å²) in [5.74, 6) is 0. The molecule has 0 saturated heterocycles. The van der Waals surface area contributed by atoms with Crippen molar-refractivity contribution in [2.24, 2.45) is 0 Å². The summed E-state index contributed by atoms with van der Waals surface area (Å²) in [6.45, 7) is 0. The number of hydrogen-bond donors (Lipinski definition) is 2. The molecule has 1 aliphatic carbocycles. The molecule has 13 heavy (non-hydrogen) atoms. The third kappa shape index (κ3) is 1.31. The summed E-state index contributed by atoms with van der Waals surface area (Å²) >= 11 is 0. The summed E-state index contributed by atoms with van der Waals surface area (Å²) in [7, 11) is 4.02. The number of anilines is 1. The van der Waals surface area contributed by atoms with Crippen LogP contribution < -0.4 is 10.6 Å². The number of aryl methyl sites for hydroxylation is 1. The Bertz CT molecular complexity index is 307. The zero-order valence-corrected chi connectivity index (χ0v) is 8.22. The van der Waals surface area contributed by atoms with Gasteiger partial charge in [0.15, 0.2) is 0 Å². The van der Waals surface area contributed by atoms with Crippen molar-refractivity contribution in [3.05, 3.63) is 29.3 Å². The predicted octanol–water partition coefficient (Wildman–Crippen LogP) is 1.93. The first-order valence-electron chi connectivity index (χ1n) is 4.83. The van der Waals surface area contributed by atoms with Crippen LogP contribution in [0, 0.1) is 0 Å². The second kappa shape index (κ2) is 3.38. The summed E-state index contributed by atoms with van der Waals surface area (Å²) in [6.07, 6.45) is 2.43. The lowest BCUT2D eigenvalue weighted by atomic mass is 10.1. The molecule has 0 spiro atoms. The molecule has 0 aliphatic heterocycles. The van der Waals surface area contributed by atoms with Gasteiger partial charge in [-0.2, -0.15) is 0 Å². The van der Waals surface area contributed by atoms with E-state index in [9.17, 15) is 0 Å². The minimum atomic E-state index is 0.540. The summed E-state index contributed by atoms with van der Waals surface area (Å²) < 4.78 is 0. The van der Waals surface area contributed by atoms with E-state index in [-0.39, 0.29) is 0 Å². The van der Waals surface area contributed by atoms with Gasteiger partial charge in [-0.3, -0.25) is 0 Å². The molecule has 2 N–H and O–H groups in total. The molecule has 0 aromatic heterocycles. The maximum absolute atomic E-state index is 3.35. The summed E-state index contributed by atoms with van der Waals surface area (Å²) in [6, 6.07) is 7.05. The van der Waals surface area contributed by atoms with Gasteiger partial charge in [-0.15, -0.1) is 0 Å². The Balaban J connectivity index is 2.46. The van der Waals surface area contributed by atoms with Gasteiger partial charge < -0.3 is 10.6 Å². The van der Waals surface area contributed by atoms with E-state index in [4.69, 9.17) is 0 Å². The Hall–Kier alpha value is -1.02. The molecule has 70 valence electrons. The van der Waals surface area contributed by atoms with Gasteiger partial charge in [-0.05, 0) is 37.1 Å². The molecule has 0 amide bonds. The van der Waals surface area contributed by atoms with Crippen molar-refractivity contribution in [2.45, 2.75) is 18.9 Å². The van der Waals surface area contributed by atoms with Crippen LogP contribution in [-0.2, 0) is 6.42 Å². The largest absolute Gasteiger partial charge is 0.388 e. The van der Waals surface area contributed by atoms with E-state index in [1.807, 2.05) is 14.1 Å². The number of fused-ring (bicyclic) bond motifs is 1. The highest BCUT2D eigenvalue weighted by molar-refractivity contribution is 5.57. The van der Waals surface area contributed by atoms with E-state index < -0.39 is 0 Å². The quantitative estimate of drug-likeness (QED) is 0.719. The van der Waals surface area contributed by atoms with Crippen molar-refractivity contribution in [3.63, 3.8) is 0 Å². The van der Waals surface area contributed by atoms with Gasteiger partial charge in [0.1, 0.15) is 0 Å². The van der Waals surface area contributed by atoms with Gasteiger partial charge in [-0.1, -0.05) is 12.1 Å². The molecule has 1 aromatic carbocycles. The Morgan fingerprint density at radius 1 is 1.31 bits per heavy atom. The molecular formula is C11H16N2. The highest BCUT2D eigenvalue weighted by Gasteiger charge is 2.22. The minimum absolute atomic E-state index is 0.540. The van der Waals surface area contributed by atoms with Crippen molar-refractivity contribution < 1.29 is 0 Å². The Labute approximate surface area is 79.4 Å². The molecule has 0 saturated carbocycles. The van der Waals surface area contributed by atoms with Crippen LogP contribution in [0.1, 0.15) is 23.6 Å². The van der Waals surface area contributed by atoms with Gasteiger partial charge in [-0.25, -0.2) is 0 Å². The van der Waals surface area contributed by atoms with Crippen LogP contribution in [-0.4, -0.2) is 14.1 Å². The molecule has 1 atom stereocenters. The van der Waals surface area contributed by atoms with E-state index in [1.54, 1.807) is 0 Å². The molecule has 1 unspecified atom stereocenters. The standard InChI is InChI=1S/C11H16N2/c1-12-9-5-3-4-8-6-7-10(13-2)11(8)9/h3-5,10,12-13H,6-7H2,1-2H3. The zero-order chi connectivity index (χ0) is 9.26. The van der Waals surface area contributed by atoms with Gasteiger partial charge in [0.05, 0.1) is 0 Å². The first-order chi connectivity index (χ1) is 6.36. The average molecular weight is 176 g/mol. The third-order valence-electron chi connectivity index (χ3n) is 2.87. The van der Waals surface area contributed by atoms with Crippen LogP contribution in [0.15, 0.2) is 18.2 Å². The van der Waals surface area contributed by atoms with Crippen molar-refractivity contribution >= 4 is 5.69 Å². The highest BCUT2D eigenvalue weighted by Crippen LogP contribution is 2.35. The van der Waals surface area contributed by atoms with E-state index in [1.165, 1.54) is 29.7 Å². The SMILES string of the molecule is CNc1cccc2c1C(NC)CC2. The molecule has 0 radical (unpaired) electrons. The third-order valence-corrected chi connectivity index (χ3v) is 2.87. The maximum atomic E-state index is 3.35. The van der Waals surface area contributed by atoms with E-state index in [2.05, 4.69) is 28.8 Å². The fraction of sp³-hybridized carbons (Fsp3) is 0.455. The highest BCUT2D eigenvalue weighted by atomic mass is 14.9. The molecule has 0 heterocycles. The van der Waals surface area contributed by atoms with Gasteiger partial charge in [0, 0.05) is 18.8 Å². The number of rotatable bonds is 2. The average Bonchev–Trinajstić information content (AvgIpc) is 2.60. The fourth-order valence-corrected chi connectivity index (χ4v) is 2.19. The maximum Gasteiger partial charge on any atom is 0.0388 e. The predicted molar refractivity (Wildman–Crippen MR) is 56.1 cm³/mol. The Morgan fingerprint density at radius 2 is 2.15 bits per heavy atom. The zero-order valence-electron chi connectivity index (χ0n) is 8.22. The summed E-state index contributed by atoms with van der Waals surface area (Å²) in [4.78, 5) is 0. The second-order valence-corrected chi connectivity index (χ2v) is 3.51. The first-order valence-corrected chi connectivity index (χ1v) is 4.83. The van der Waals surface area contributed by atoms with E-state index >= 15 is 0 Å². The smallest absolute Gasteiger partial charge is 0.0388 e. The van der Waals surface area contributed by atoms with E-state index in [0.717, 1.165) is 0 Å². The van der Waals surface area contributed by atoms with Crippen molar-refractivity contribution in [3.8, 4) is 0 Å². The number of hydrogen-bond acceptors (Lipinski definition) is 2. The first kappa shape index (κ1) is 8.57. The molecule has 2 heteroatoms. The van der Waals surface area contributed by atoms with E-state index in [0.29, 0.717) is 6.04 Å². The van der Waals surface area contributed by atoms with Crippen LogP contribution in [0.4, 0.5) is 5.69 Å². The van der Waals surface area contributed by atoms with Crippen LogP contribution in [0.2, 0.25) is 0 Å². The lowest BCUT2D eigenvalue weighted by Gasteiger charge is -2.14. The topological polar surface area (TPSA) is 24.1 Å². The van der Waals surface area contributed by atoms with Crippen LogP contribution >= 0.6 is 0 Å². The molecule has 1 aliphatic rings. The van der Waals surface area contributed by atoms with Crippen molar-refractivity contribution in [1.82, 2.24) is 5.32 Å². The molecule has 2 nitrogen and oxygen atoms in total. The second-order valence-electron chi connectivity index (χ2n) is 3.51. The van der Waals surface area contributed by atoms with Gasteiger partial charge >= 0.3 is 0 Å². The van der Waals surface area contributed by atoms with Gasteiger partial charge in [0.2, 0.25) is 0 Å². The molecule has 0 fully saturated rings. The Morgan fingerprint density at radius 3 is 2.85 bits per heavy atom. The monoisotopic (exact) mass is 176 g/mol. The molecular weight excluding hydrogens is 160 g/mol. The summed E-state index contributed by atoms with van der Waals surface area (Å²) in [5.41, 5.74) is 4.23. The molecule has 2 rings (SSSR count). The fourth-order valence-electron chi connectivity index (χ4n) is 2.19. The number of nitrogens with one attached hydrogen (secondary N) is 2. The molecule has 0 bridgehead atoms. The molecule has 1 aromatic rings. The van der Waals surface area contributed by atoms with Gasteiger partial charge in [0.25, 0.3) is 0 Å². The number of benzene rings is 1. The van der Waals surface area contributed by atoms with Crippen LogP contribution in [0.25, 0.3) is 0 Å². The lowest BCUT2D eigenvalue weighted by molar-refractivity contribution is 0.591. The summed E-state index contributed by atoms with van der Waals surface area (Å²) in [5, 5.41) is 6.61. The Kier molecular flexibility index (Phi) is 2.23. The minimum Gasteiger partial charge on any atom is -0.388 e. The lowest BCUT2D eigenvalue weighted by Crippen LogP contribution is -2.14. The van der Waals surface area contributed by atoms with Crippen LogP contribution in [0.5, 0.6) is 0 Å². The normalized spacial score (nSPS) is 20.0. The van der Waals surface area contributed by atoms with Crippen molar-refractivity contribution in [2.75, 3.05) is 19.4 Å². The van der Waals surface area contributed by atoms with Crippen LogP contribution in [0.3, 0.4) is 0 Å². The van der Waals surface area contributed by atoms with Crippen molar-refractivity contribution in [1.29, 1.82) is 0 Å².